The van der Waals surface area contributed by atoms with Crippen LogP contribution in [0, 0.1) is 0 Å². The number of rotatable bonds is 19. The molecule has 47 heavy (non-hydrogen) atoms. The molecule has 0 spiro atoms. The number of carbonyl (C=O) groups excluding carboxylic acids is 1. The van der Waals surface area contributed by atoms with Gasteiger partial charge in [0.15, 0.2) is 25.0 Å². The van der Waals surface area contributed by atoms with Gasteiger partial charge in [-0.1, -0.05) is 130 Å². The standard InChI is InChI=1S/C39H74O5Si3/c1-18-33(42-45(12,13)37(2,3)4)27-24-21-25-30-34(43-46(14,15)38(5,6)7)28-22-19-20-23-29-35(31-26-32-36(40)41-11)44-47(16,17)39(8,9)10/h19-25,27-29,33-35H,18,26,30-32H2,1-17H3/b20-19+,25-21-,27-24+,28-22+,29-23-/t33-,34+,35-/m1/s1. The second-order valence-corrected chi connectivity index (χ2v) is 31.6. The first-order chi connectivity index (χ1) is 21.3. The molecular weight excluding hydrogens is 633 g/mol. The summed E-state index contributed by atoms with van der Waals surface area (Å²) in [6, 6.07) is 0. The number of hydrogen-bond donors (Lipinski definition) is 0. The highest BCUT2D eigenvalue weighted by atomic mass is 28.4. The minimum Gasteiger partial charge on any atom is -0.469 e. The molecule has 0 amide bonds. The summed E-state index contributed by atoms with van der Waals surface area (Å²) in [7, 11) is -4.30. The maximum absolute atomic E-state index is 11.7. The molecule has 0 aromatic heterocycles. The molecular formula is C39H74O5Si3. The fourth-order valence-electron chi connectivity index (χ4n) is 3.82. The van der Waals surface area contributed by atoms with Crippen molar-refractivity contribution in [1.82, 2.24) is 0 Å². The lowest BCUT2D eigenvalue weighted by molar-refractivity contribution is -0.140. The number of esters is 1. The van der Waals surface area contributed by atoms with Crippen molar-refractivity contribution in [2.45, 2.75) is 174 Å². The van der Waals surface area contributed by atoms with Gasteiger partial charge in [0.2, 0.25) is 0 Å². The van der Waals surface area contributed by atoms with Gasteiger partial charge in [0.1, 0.15) is 0 Å². The highest BCUT2D eigenvalue weighted by Crippen LogP contribution is 2.39. The summed E-state index contributed by atoms with van der Waals surface area (Å²) < 4.78 is 24.9. The van der Waals surface area contributed by atoms with E-state index in [4.69, 9.17) is 18.0 Å². The predicted octanol–water partition coefficient (Wildman–Crippen LogP) is 12.1. The van der Waals surface area contributed by atoms with Gasteiger partial charge in [0, 0.05) is 6.42 Å². The van der Waals surface area contributed by atoms with Crippen molar-refractivity contribution in [3.05, 3.63) is 60.8 Å². The van der Waals surface area contributed by atoms with Crippen molar-refractivity contribution < 1.29 is 22.8 Å². The lowest BCUT2D eigenvalue weighted by atomic mass is 10.1. The van der Waals surface area contributed by atoms with E-state index in [0.717, 1.165) is 25.7 Å². The van der Waals surface area contributed by atoms with Crippen LogP contribution in [0.4, 0.5) is 0 Å². The Kier molecular flexibility index (Phi) is 19.2. The van der Waals surface area contributed by atoms with E-state index in [1.165, 1.54) is 7.11 Å². The third-order valence-corrected chi connectivity index (χ3v) is 23.7. The maximum atomic E-state index is 11.7. The van der Waals surface area contributed by atoms with Crippen LogP contribution >= 0.6 is 0 Å². The number of allylic oxidation sites excluding steroid dienone is 6. The third kappa shape index (κ3) is 17.8. The number of hydrogen-bond acceptors (Lipinski definition) is 5. The molecule has 0 aromatic rings. The van der Waals surface area contributed by atoms with E-state index in [1.807, 2.05) is 6.08 Å². The van der Waals surface area contributed by atoms with Gasteiger partial charge >= 0.3 is 5.97 Å². The quantitative estimate of drug-likeness (QED) is 0.0760. The molecule has 0 rings (SSSR count). The first-order valence-electron chi connectivity index (χ1n) is 17.7. The Morgan fingerprint density at radius 2 is 0.979 bits per heavy atom. The first kappa shape index (κ1) is 45.7. The average molecular weight is 707 g/mol. The van der Waals surface area contributed by atoms with Crippen LogP contribution in [-0.4, -0.2) is 56.3 Å². The molecule has 0 unspecified atom stereocenters. The summed E-state index contributed by atoms with van der Waals surface area (Å²) in [4.78, 5) is 11.7. The maximum Gasteiger partial charge on any atom is 0.305 e. The molecule has 0 N–H and O–H groups in total. The van der Waals surface area contributed by atoms with Crippen molar-refractivity contribution >= 4 is 30.9 Å². The zero-order valence-electron chi connectivity index (χ0n) is 33.6. The molecule has 0 radical (unpaired) electrons. The minimum absolute atomic E-state index is 0.00684. The van der Waals surface area contributed by atoms with E-state index in [-0.39, 0.29) is 39.4 Å². The van der Waals surface area contributed by atoms with Crippen LogP contribution in [0.25, 0.3) is 0 Å². The molecule has 0 aliphatic heterocycles. The minimum atomic E-state index is -1.96. The zero-order valence-corrected chi connectivity index (χ0v) is 36.6. The Bertz CT molecular complexity index is 1060. The number of methoxy groups -OCH3 is 1. The molecule has 0 saturated carbocycles. The second-order valence-electron chi connectivity index (χ2n) is 17.3. The summed E-state index contributed by atoms with van der Waals surface area (Å²) in [5.74, 6) is -0.175. The van der Waals surface area contributed by atoms with E-state index in [0.29, 0.717) is 6.42 Å². The van der Waals surface area contributed by atoms with E-state index in [9.17, 15) is 4.79 Å². The molecule has 0 aliphatic rings. The molecule has 0 aliphatic carbocycles. The topological polar surface area (TPSA) is 54.0 Å². The van der Waals surface area contributed by atoms with Crippen molar-refractivity contribution in [3.63, 3.8) is 0 Å². The Morgan fingerprint density at radius 1 is 0.596 bits per heavy atom. The lowest BCUT2D eigenvalue weighted by Gasteiger charge is -2.38. The zero-order chi connectivity index (χ0) is 36.7. The van der Waals surface area contributed by atoms with Crippen LogP contribution in [0.3, 0.4) is 0 Å². The van der Waals surface area contributed by atoms with Crippen molar-refractivity contribution in [2.75, 3.05) is 7.11 Å². The van der Waals surface area contributed by atoms with E-state index in [1.54, 1.807) is 0 Å². The van der Waals surface area contributed by atoms with Gasteiger partial charge in [-0.05, 0) is 80.1 Å². The van der Waals surface area contributed by atoms with Crippen LogP contribution in [0.5, 0.6) is 0 Å². The van der Waals surface area contributed by atoms with E-state index in [2.05, 4.69) is 163 Å². The van der Waals surface area contributed by atoms with Gasteiger partial charge in [-0.25, -0.2) is 0 Å². The van der Waals surface area contributed by atoms with Gasteiger partial charge in [-0.15, -0.1) is 0 Å². The summed E-state index contributed by atoms with van der Waals surface area (Å²) in [6.07, 6.45) is 25.0. The summed E-state index contributed by atoms with van der Waals surface area (Å²) >= 11 is 0. The smallest absolute Gasteiger partial charge is 0.305 e. The average Bonchev–Trinajstić information content (AvgIpc) is 2.91. The number of carbonyl (C=O) groups is 1. The summed E-state index contributed by atoms with van der Waals surface area (Å²) in [5.41, 5.74) is 0. The van der Waals surface area contributed by atoms with Crippen molar-refractivity contribution in [2.24, 2.45) is 0 Å². The molecule has 0 fully saturated rings. The predicted molar refractivity (Wildman–Crippen MR) is 213 cm³/mol. The van der Waals surface area contributed by atoms with Crippen LogP contribution in [-0.2, 0) is 22.8 Å². The molecule has 272 valence electrons. The van der Waals surface area contributed by atoms with Crippen LogP contribution in [0.15, 0.2) is 60.8 Å². The number of ether oxygens (including phenoxy) is 1. The second kappa shape index (κ2) is 19.8. The molecule has 0 bridgehead atoms. The monoisotopic (exact) mass is 706 g/mol. The molecule has 3 atom stereocenters. The van der Waals surface area contributed by atoms with Gasteiger partial charge in [-0.2, -0.15) is 0 Å². The van der Waals surface area contributed by atoms with Crippen molar-refractivity contribution in [3.8, 4) is 0 Å². The summed E-state index contributed by atoms with van der Waals surface area (Å²) in [6.45, 7) is 36.4. The fourth-order valence-corrected chi connectivity index (χ4v) is 7.77. The SMILES string of the molecule is CC[C@H](/C=C/C=C\C[C@H](/C=C/C=C/C=C\[C@H](CCCC(=O)OC)O[Si](C)(C)C(C)(C)C)O[Si](C)(C)C(C)(C)C)O[Si](C)(C)C(C)(C)C. The highest BCUT2D eigenvalue weighted by Gasteiger charge is 2.40. The molecule has 0 saturated heterocycles. The lowest BCUT2D eigenvalue weighted by Crippen LogP contribution is -2.43. The molecule has 0 aromatic carbocycles. The highest BCUT2D eigenvalue weighted by molar-refractivity contribution is 6.75. The van der Waals surface area contributed by atoms with E-state index < -0.39 is 25.0 Å². The van der Waals surface area contributed by atoms with Crippen LogP contribution in [0.1, 0.15) is 101 Å². The Labute approximate surface area is 294 Å². The van der Waals surface area contributed by atoms with Gasteiger partial charge in [0.05, 0.1) is 25.4 Å². The normalized spacial score (nSPS) is 16.7. The van der Waals surface area contributed by atoms with E-state index >= 15 is 0 Å². The van der Waals surface area contributed by atoms with Gasteiger partial charge in [0.25, 0.3) is 0 Å². The Balaban J connectivity index is 5.71. The largest absolute Gasteiger partial charge is 0.469 e. The fraction of sp³-hybridized carbons (Fsp3) is 0.718. The molecule has 5 nitrogen and oxygen atoms in total. The third-order valence-electron chi connectivity index (χ3n) is 10.2. The van der Waals surface area contributed by atoms with Gasteiger partial charge < -0.3 is 18.0 Å². The van der Waals surface area contributed by atoms with Crippen LogP contribution in [0.2, 0.25) is 54.4 Å². The van der Waals surface area contributed by atoms with Crippen LogP contribution < -0.4 is 0 Å². The first-order valence-corrected chi connectivity index (χ1v) is 26.5. The van der Waals surface area contributed by atoms with Crippen molar-refractivity contribution in [1.29, 1.82) is 0 Å². The van der Waals surface area contributed by atoms with Gasteiger partial charge in [-0.3, -0.25) is 4.79 Å². The Hall–Kier alpha value is -1.30. The molecule has 8 heteroatoms. The molecule has 0 heterocycles. The Morgan fingerprint density at radius 3 is 1.40 bits per heavy atom. The summed E-state index contributed by atoms with van der Waals surface area (Å²) in [5, 5.41) is 0.435.